The Kier molecular flexibility index (Phi) is 22.8. The van der Waals surface area contributed by atoms with Gasteiger partial charge in [0.1, 0.15) is 23.0 Å². The number of hydrogen-bond acceptors (Lipinski definition) is 11. The highest BCUT2D eigenvalue weighted by molar-refractivity contribution is 5.92. The van der Waals surface area contributed by atoms with Crippen LogP contribution < -0.4 is 18.9 Å². The van der Waals surface area contributed by atoms with Gasteiger partial charge in [-0.3, -0.25) is 4.79 Å². The fraction of sp³-hybridized carbons (Fsp3) is 0.467. The minimum absolute atomic E-state index is 0.154. The standard InChI is InChI=1S/C45H58O11/c1-2-42(47)53-34-16-9-5-3-7-14-32-51-38-23-19-36(20-24-38)44(49)55-40-27-29-41(30-28-40)56-45(50)37-21-25-39(26-22-37)52-33-15-8-4-6-10-17-35-54-43(48)18-12-11-13-31-46/h2,19-30,46H,1,3-18,31-35H2. The molecule has 1 N–H and O–H groups in total. The molecule has 0 saturated heterocycles. The van der Waals surface area contributed by atoms with Crippen LogP contribution in [0, 0.1) is 0 Å². The van der Waals surface area contributed by atoms with E-state index in [4.69, 9.17) is 33.5 Å². The van der Waals surface area contributed by atoms with Crippen LogP contribution in [0.4, 0.5) is 0 Å². The van der Waals surface area contributed by atoms with Crippen LogP contribution >= 0.6 is 0 Å². The smallest absolute Gasteiger partial charge is 0.343 e. The van der Waals surface area contributed by atoms with Gasteiger partial charge >= 0.3 is 23.9 Å². The van der Waals surface area contributed by atoms with Gasteiger partial charge in [0, 0.05) is 19.1 Å². The van der Waals surface area contributed by atoms with Crippen molar-refractivity contribution in [3.05, 3.63) is 96.6 Å². The monoisotopic (exact) mass is 774 g/mol. The zero-order valence-electron chi connectivity index (χ0n) is 32.6. The van der Waals surface area contributed by atoms with E-state index in [2.05, 4.69) is 6.58 Å². The van der Waals surface area contributed by atoms with Crippen molar-refractivity contribution in [2.45, 2.75) is 103 Å². The van der Waals surface area contributed by atoms with Gasteiger partial charge in [-0.25, -0.2) is 14.4 Å². The van der Waals surface area contributed by atoms with Crippen molar-refractivity contribution < 1.29 is 52.7 Å². The van der Waals surface area contributed by atoms with Gasteiger partial charge in [-0.05, 0) is 111 Å². The highest BCUT2D eigenvalue weighted by Gasteiger charge is 2.12. The molecular formula is C45H58O11. The zero-order chi connectivity index (χ0) is 40.1. The molecule has 11 nitrogen and oxygen atoms in total. The van der Waals surface area contributed by atoms with Gasteiger partial charge in [0.2, 0.25) is 0 Å². The normalized spacial score (nSPS) is 10.7. The number of carbonyl (C=O) groups is 4. The molecule has 0 saturated carbocycles. The Morgan fingerprint density at radius 2 is 0.839 bits per heavy atom. The molecule has 0 fully saturated rings. The molecule has 0 aliphatic heterocycles. The van der Waals surface area contributed by atoms with Crippen LogP contribution in [0.5, 0.6) is 23.0 Å². The average Bonchev–Trinajstić information content (AvgIpc) is 3.21. The number of hydrogen-bond donors (Lipinski definition) is 1. The molecule has 0 bridgehead atoms. The molecule has 0 unspecified atom stereocenters. The van der Waals surface area contributed by atoms with Crippen LogP contribution in [0.2, 0.25) is 0 Å². The minimum Gasteiger partial charge on any atom is -0.494 e. The third-order valence-corrected chi connectivity index (χ3v) is 8.75. The number of aliphatic hydroxyl groups excluding tert-OH is 1. The van der Waals surface area contributed by atoms with Crippen LogP contribution in [0.3, 0.4) is 0 Å². The van der Waals surface area contributed by atoms with Crippen LogP contribution in [0.15, 0.2) is 85.5 Å². The Morgan fingerprint density at radius 3 is 1.27 bits per heavy atom. The van der Waals surface area contributed by atoms with E-state index in [1.807, 2.05) is 0 Å². The molecule has 0 amide bonds. The molecule has 3 aromatic rings. The number of rotatable bonds is 30. The van der Waals surface area contributed by atoms with Crippen molar-refractivity contribution in [2.24, 2.45) is 0 Å². The summed E-state index contributed by atoms with van der Waals surface area (Å²) in [5, 5.41) is 8.77. The number of aliphatic hydroxyl groups is 1. The summed E-state index contributed by atoms with van der Waals surface area (Å²) in [6.07, 6.45) is 15.9. The van der Waals surface area contributed by atoms with E-state index in [1.165, 1.54) is 6.08 Å². The molecule has 0 atom stereocenters. The first kappa shape index (κ1) is 45.2. The summed E-state index contributed by atoms with van der Waals surface area (Å²) in [5.74, 6) is 0.412. The lowest BCUT2D eigenvalue weighted by atomic mass is 10.1. The summed E-state index contributed by atoms with van der Waals surface area (Å²) < 4.78 is 32.8. The second-order valence-electron chi connectivity index (χ2n) is 13.4. The van der Waals surface area contributed by atoms with Gasteiger partial charge in [-0.2, -0.15) is 0 Å². The fourth-order valence-corrected chi connectivity index (χ4v) is 5.53. The van der Waals surface area contributed by atoms with Crippen molar-refractivity contribution in [1.29, 1.82) is 0 Å². The lowest BCUT2D eigenvalue weighted by Gasteiger charge is -2.09. The van der Waals surface area contributed by atoms with E-state index >= 15 is 0 Å². The maximum absolute atomic E-state index is 12.7. The van der Waals surface area contributed by atoms with Gasteiger partial charge in [-0.1, -0.05) is 64.4 Å². The van der Waals surface area contributed by atoms with Crippen molar-refractivity contribution >= 4 is 23.9 Å². The van der Waals surface area contributed by atoms with Gasteiger partial charge in [0.05, 0.1) is 37.6 Å². The van der Waals surface area contributed by atoms with Crippen molar-refractivity contribution in [2.75, 3.05) is 33.0 Å². The molecule has 0 heterocycles. The van der Waals surface area contributed by atoms with Crippen molar-refractivity contribution in [3.8, 4) is 23.0 Å². The summed E-state index contributed by atoms with van der Waals surface area (Å²) in [6, 6.07) is 19.8. The first-order valence-corrected chi connectivity index (χ1v) is 19.9. The number of benzene rings is 3. The zero-order valence-corrected chi connectivity index (χ0v) is 32.6. The lowest BCUT2D eigenvalue weighted by Crippen LogP contribution is -2.09. The van der Waals surface area contributed by atoms with E-state index in [0.29, 0.717) is 67.0 Å². The third kappa shape index (κ3) is 20.0. The molecule has 11 heteroatoms. The van der Waals surface area contributed by atoms with Crippen LogP contribution in [-0.2, 0) is 19.1 Å². The van der Waals surface area contributed by atoms with E-state index in [1.54, 1.807) is 72.8 Å². The molecule has 56 heavy (non-hydrogen) atoms. The SMILES string of the molecule is C=CC(=O)OCCCCCCCCOc1ccc(C(=O)Oc2ccc(OC(=O)c3ccc(OCCCCCCCCOC(=O)CCCCCO)cc3)cc2)cc1. The average molecular weight is 775 g/mol. The van der Waals surface area contributed by atoms with Gasteiger partial charge in [0.25, 0.3) is 0 Å². The van der Waals surface area contributed by atoms with E-state index in [0.717, 1.165) is 96.3 Å². The minimum atomic E-state index is -0.517. The Morgan fingerprint density at radius 1 is 0.464 bits per heavy atom. The fourth-order valence-electron chi connectivity index (χ4n) is 5.53. The third-order valence-electron chi connectivity index (χ3n) is 8.75. The predicted octanol–water partition coefficient (Wildman–Crippen LogP) is 9.39. The summed E-state index contributed by atoms with van der Waals surface area (Å²) in [7, 11) is 0. The van der Waals surface area contributed by atoms with E-state index < -0.39 is 11.9 Å². The van der Waals surface area contributed by atoms with E-state index in [-0.39, 0.29) is 18.5 Å². The second kappa shape index (κ2) is 28.3. The topological polar surface area (TPSA) is 144 Å². The van der Waals surface area contributed by atoms with Gasteiger partial charge in [-0.15, -0.1) is 0 Å². The Bertz CT molecular complexity index is 1570. The Labute approximate surface area is 331 Å². The number of esters is 4. The first-order valence-electron chi connectivity index (χ1n) is 19.9. The molecule has 3 rings (SSSR count). The van der Waals surface area contributed by atoms with Crippen LogP contribution in [0.25, 0.3) is 0 Å². The predicted molar refractivity (Wildman–Crippen MR) is 213 cm³/mol. The quantitative estimate of drug-likeness (QED) is 0.0299. The molecule has 0 aliphatic carbocycles. The maximum atomic E-state index is 12.7. The molecule has 3 aromatic carbocycles. The van der Waals surface area contributed by atoms with E-state index in [9.17, 15) is 19.2 Å². The van der Waals surface area contributed by atoms with Crippen molar-refractivity contribution in [1.82, 2.24) is 0 Å². The van der Waals surface area contributed by atoms with Crippen LogP contribution in [0.1, 0.15) is 123 Å². The van der Waals surface area contributed by atoms with Crippen LogP contribution in [-0.4, -0.2) is 62.0 Å². The molecule has 0 aromatic heterocycles. The number of ether oxygens (including phenoxy) is 6. The summed E-state index contributed by atoms with van der Waals surface area (Å²) in [5.41, 5.74) is 0.760. The largest absolute Gasteiger partial charge is 0.494 e. The number of carbonyl (C=O) groups excluding carboxylic acids is 4. The highest BCUT2D eigenvalue weighted by Crippen LogP contribution is 2.22. The molecular weight excluding hydrogens is 716 g/mol. The molecule has 0 radical (unpaired) electrons. The summed E-state index contributed by atoms with van der Waals surface area (Å²) in [6.45, 7) is 5.60. The van der Waals surface area contributed by atoms with Gasteiger partial charge in [0.15, 0.2) is 0 Å². The first-order chi connectivity index (χ1) is 27.4. The van der Waals surface area contributed by atoms with Crippen molar-refractivity contribution in [3.63, 3.8) is 0 Å². The Hall–Kier alpha value is -5.16. The highest BCUT2D eigenvalue weighted by atomic mass is 16.5. The maximum Gasteiger partial charge on any atom is 0.343 e. The summed E-state index contributed by atoms with van der Waals surface area (Å²) >= 11 is 0. The second-order valence-corrected chi connectivity index (χ2v) is 13.4. The number of unbranched alkanes of at least 4 members (excludes halogenated alkanes) is 12. The Balaban J connectivity index is 1.23. The molecule has 304 valence electrons. The molecule has 0 spiro atoms. The van der Waals surface area contributed by atoms with Gasteiger partial charge < -0.3 is 33.5 Å². The lowest BCUT2D eigenvalue weighted by molar-refractivity contribution is -0.144. The molecule has 0 aliphatic rings. The summed E-state index contributed by atoms with van der Waals surface area (Å²) in [4.78, 5) is 48.0.